The first-order chi connectivity index (χ1) is 19.1. The van der Waals surface area contributed by atoms with E-state index in [0.29, 0.717) is 11.3 Å². The number of nitriles is 1. The van der Waals surface area contributed by atoms with Gasteiger partial charge in [0, 0.05) is 5.56 Å². The van der Waals surface area contributed by atoms with Crippen LogP contribution in [0.5, 0.6) is 5.75 Å². The van der Waals surface area contributed by atoms with Crippen LogP contribution in [0.3, 0.4) is 0 Å². The summed E-state index contributed by atoms with van der Waals surface area (Å²) in [7, 11) is 0. The highest BCUT2D eigenvalue weighted by molar-refractivity contribution is 7.80. The lowest BCUT2D eigenvalue weighted by Crippen LogP contribution is -2.44. The van der Waals surface area contributed by atoms with Crippen molar-refractivity contribution in [3.8, 4) is 17.6 Å². The number of rotatable bonds is 12. The Kier molecular flexibility index (Phi) is 8.71. The second-order valence-electron chi connectivity index (χ2n) is 9.28. The lowest BCUT2D eigenvalue weighted by atomic mass is 10.1. The van der Waals surface area contributed by atoms with Crippen molar-refractivity contribution in [2.75, 3.05) is 6.61 Å². The summed E-state index contributed by atoms with van der Waals surface area (Å²) >= 11 is 4.56. The first-order valence-corrected chi connectivity index (χ1v) is 12.7. The van der Waals surface area contributed by atoms with E-state index in [2.05, 4.69) is 22.8 Å². The van der Waals surface area contributed by atoms with Gasteiger partial charge in [0.2, 0.25) is 0 Å². The van der Waals surface area contributed by atoms with E-state index in [9.17, 15) is 19.1 Å². The van der Waals surface area contributed by atoms with E-state index >= 15 is 0 Å². The zero-order chi connectivity index (χ0) is 28.9. The molecular weight excluding hydrogens is 539 g/mol. The minimum Gasteiger partial charge on any atom is -0.489 e. The summed E-state index contributed by atoms with van der Waals surface area (Å²) in [5, 5.41) is 27.2. The molecule has 208 valence electrons. The van der Waals surface area contributed by atoms with Gasteiger partial charge in [-0.05, 0) is 37.6 Å². The van der Waals surface area contributed by atoms with Gasteiger partial charge < -0.3 is 14.6 Å². The average molecular weight is 567 g/mol. The molecule has 0 radical (unpaired) electrons. The van der Waals surface area contributed by atoms with Gasteiger partial charge in [-0.15, -0.1) is 17.4 Å². The van der Waals surface area contributed by atoms with Crippen molar-refractivity contribution < 1.29 is 23.8 Å². The molecule has 0 aliphatic rings. The number of imidazole rings is 1. The number of thiol groups is 1. The minimum atomic E-state index is -1.71. The van der Waals surface area contributed by atoms with E-state index in [1.54, 1.807) is 0 Å². The number of hydrogen-bond acceptors (Lipinski definition) is 8. The van der Waals surface area contributed by atoms with Gasteiger partial charge in [0.1, 0.15) is 34.8 Å². The van der Waals surface area contributed by atoms with Crippen LogP contribution in [0.4, 0.5) is 4.39 Å². The van der Waals surface area contributed by atoms with Gasteiger partial charge in [-0.2, -0.15) is 15.5 Å². The summed E-state index contributed by atoms with van der Waals surface area (Å²) in [6, 6.07) is 15.3. The van der Waals surface area contributed by atoms with Gasteiger partial charge in [0.15, 0.2) is 5.82 Å². The van der Waals surface area contributed by atoms with Crippen LogP contribution in [0, 0.1) is 17.1 Å². The normalized spacial score (nSPS) is 12.2. The standard InChI is InChI=1S/C27H27FN6O5S/c1-27(2,25(35)36)33-23(34-30-12-13-31-34)24(40)32(26(33)37)16-22(38-14-6-11-29)20-15-19(28)9-10-21(20)39-17-18-7-4-3-5-8-18/h3-5,7-10,12-13,15,22,40H,6,14,16-17H2,1-2H3,(H,35,36)/t22-/m0/s1. The Morgan fingerprint density at radius 2 is 1.90 bits per heavy atom. The smallest absolute Gasteiger partial charge is 0.331 e. The van der Waals surface area contributed by atoms with E-state index in [0.717, 1.165) is 14.9 Å². The van der Waals surface area contributed by atoms with E-state index in [-0.39, 0.29) is 37.0 Å². The van der Waals surface area contributed by atoms with Crippen LogP contribution in [0.1, 0.15) is 37.5 Å². The fraction of sp³-hybridized carbons (Fsp3) is 0.296. The third-order valence-corrected chi connectivity index (χ3v) is 6.66. The zero-order valence-corrected chi connectivity index (χ0v) is 22.7. The Bertz CT molecular complexity index is 1580. The molecule has 0 saturated heterocycles. The van der Waals surface area contributed by atoms with Crippen LogP contribution in [0.15, 0.2) is 70.7 Å². The number of carboxylic acid groups (broad SMARTS) is 1. The Hall–Kier alpha value is -4.41. The Morgan fingerprint density at radius 3 is 2.55 bits per heavy atom. The summed E-state index contributed by atoms with van der Waals surface area (Å²) in [6.45, 7) is 2.71. The third kappa shape index (κ3) is 5.93. The van der Waals surface area contributed by atoms with Gasteiger partial charge in [-0.25, -0.2) is 14.0 Å². The molecule has 4 rings (SSSR count). The summed E-state index contributed by atoms with van der Waals surface area (Å²) < 4.78 is 28.7. The van der Waals surface area contributed by atoms with Crippen molar-refractivity contribution >= 4 is 18.6 Å². The molecule has 0 saturated carbocycles. The number of hydrogen-bond donors (Lipinski definition) is 2. The maximum absolute atomic E-state index is 14.5. The number of carboxylic acids is 1. The molecule has 0 aliphatic carbocycles. The summed E-state index contributed by atoms with van der Waals surface area (Å²) in [4.78, 5) is 27.0. The topological polar surface area (TPSA) is 137 Å². The third-order valence-electron chi connectivity index (χ3n) is 6.22. The molecule has 4 aromatic rings. The van der Waals surface area contributed by atoms with Gasteiger partial charge >= 0.3 is 11.7 Å². The van der Waals surface area contributed by atoms with Crippen molar-refractivity contribution in [2.45, 2.75) is 50.1 Å². The first kappa shape index (κ1) is 28.6. The molecule has 0 aliphatic heterocycles. The Morgan fingerprint density at radius 1 is 1.20 bits per heavy atom. The first-order valence-electron chi connectivity index (χ1n) is 12.2. The van der Waals surface area contributed by atoms with Crippen LogP contribution in [-0.2, 0) is 28.2 Å². The predicted octanol–water partition coefficient (Wildman–Crippen LogP) is 3.73. The van der Waals surface area contributed by atoms with Crippen LogP contribution < -0.4 is 10.4 Å². The van der Waals surface area contributed by atoms with Crippen LogP contribution in [0.2, 0.25) is 0 Å². The summed E-state index contributed by atoms with van der Waals surface area (Å²) in [6.07, 6.45) is 1.83. The Labute approximate surface area is 234 Å². The molecule has 40 heavy (non-hydrogen) atoms. The summed E-state index contributed by atoms with van der Waals surface area (Å²) in [5.41, 5.74) is -1.24. The number of benzene rings is 2. The maximum atomic E-state index is 14.5. The lowest BCUT2D eigenvalue weighted by molar-refractivity contribution is -0.145. The largest absolute Gasteiger partial charge is 0.489 e. The van der Waals surface area contributed by atoms with Crippen molar-refractivity contribution in [2.24, 2.45) is 0 Å². The molecule has 0 amide bonds. The maximum Gasteiger partial charge on any atom is 0.331 e. The number of carbonyl (C=O) groups is 1. The molecule has 2 heterocycles. The molecular formula is C27H27FN6O5S. The highest BCUT2D eigenvalue weighted by Crippen LogP contribution is 2.33. The van der Waals surface area contributed by atoms with E-state index in [1.807, 2.05) is 36.4 Å². The lowest BCUT2D eigenvalue weighted by Gasteiger charge is -2.23. The van der Waals surface area contributed by atoms with E-state index in [1.165, 1.54) is 49.0 Å². The predicted molar refractivity (Wildman–Crippen MR) is 144 cm³/mol. The van der Waals surface area contributed by atoms with Gasteiger partial charge in [0.05, 0.1) is 38.0 Å². The van der Waals surface area contributed by atoms with Crippen molar-refractivity contribution in [1.82, 2.24) is 24.1 Å². The van der Waals surface area contributed by atoms with Gasteiger partial charge in [-0.3, -0.25) is 9.13 Å². The fourth-order valence-corrected chi connectivity index (χ4v) is 4.44. The minimum absolute atomic E-state index is 0.0125. The second kappa shape index (κ2) is 12.2. The average Bonchev–Trinajstić information content (AvgIpc) is 3.55. The Balaban J connectivity index is 1.80. The molecule has 0 spiro atoms. The van der Waals surface area contributed by atoms with Gasteiger partial charge in [-0.1, -0.05) is 30.3 Å². The van der Waals surface area contributed by atoms with Gasteiger partial charge in [0.25, 0.3) is 0 Å². The van der Waals surface area contributed by atoms with Crippen LogP contribution >= 0.6 is 12.6 Å². The molecule has 1 atom stereocenters. The molecule has 13 heteroatoms. The number of aromatic nitrogens is 5. The highest BCUT2D eigenvalue weighted by Gasteiger charge is 2.38. The van der Waals surface area contributed by atoms with Crippen molar-refractivity contribution in [3.63, 3.8) is 0 Å². The number of aliphatic carboxylic acids is 1. The second-order valence-corrected chi connectivity index (χ2v) is 9.71. The zero-order valence-electron chi connectivity index (χ0n) is 21.8. The van der Waals surface area contributed by atoms with E-state index in [4.69, 9.17) is 14.7 Å². The van der Waals surface area contributed by atoms with Crippen molar-refractivity contribution in [1.29, 1.82) is 5.26 Å². The quantitative estimate of drug-likeness (QED) is 0.196. The monoisotopic (exact) mass is 566 g/mol. The molecule has 2 aromatic heterocycles. The van der Waals surface area contributed by atoms with E-state index < -0.39 is 29.1 Å². The number of nitrogens with zero attached hydrogens (tertiary/aromatic N) is 6. The molecule has 1 N–H and O–H groups in total. The van der Waals surface area contributed by atoms with Crippen molar-refractivity contribution in [3.05, 3.63) is 88.4 Å². The molecule has 0 unspecified atom stereocenters. The number of ether oxygens (including phenoxy) is 2. The van der Waals surface area contributed by atoms with Crippen LogP contribution in [-0.4, -0.2) is 41.8 Å². The molecule has 0 bridgehead atoms. The SMILES string of the molecule is CC(C)(C(=O)O)n1c(-n2nccn2)c(S)n(C[C@H](OCCC#N)c2cc(F)ccc2OCc2ccccc2)c1=O. The fourth-order valence-electron chi connectivity index (χ4n) is 4.08. The van der Waals surface area contributed by atoms with Crippen LogP contribution in [0.25, 0.3) is 5.82 Å². The molecule has 2 aromatic carbocycles. The highest BCUT2D eigenvalue weighted by atomic mass is 32.1. The molecule has 11 nitrogen and oxygen atoms in total. The molecule has 0 fully saturated rings. The summed E-state index contributed by atoms with van der Waals surface area (Å²) in [5.74, 6) is -1.47. The number of halogens is 1.